The fraction of sp³-hybridized carbons (Fsp3) is 0.636. The van der Waals surface area contributed by atoms with Gasteiger partial charge in [0, 0.05) is 25.0 Å². The summed E-state index contributed by atoms with van der Waals surface area (Å²) in [7, 11) is 0. The van der Waals surface area contributed by atoms with Crippen molar-refractivity contribution in [2.24, 2.45) is 5.73 Å². The molecule has 0 atom stereocenters. The first-order valence-electron chi connectivity index (χ1n) is 5.75. The molecular formula is C11H17BrN4. The van der Waals surface area contributed by atoms with Crippen LogP contribution in [0.1, 0.15) is 25.7 Å². The van der Waals surface area contributed by atoms with Gasteiger partial charge in [-0.2, -0.15) is 0 Å². The molecule has 2 rings (SSSR count). The van der Waals surface area contributed by atoms with Gasteiger partial charge in [-0.05, 0) is 48.2 Å². The highest BCUT2D eigenvalue weighted by Gasteiger charge is 2.26. The summed E-state index contributed by atoms with van der Waals surface area (Å²) in [5, 5.41) is 0. The molecule has 2 N–H and O–H groups in total. The smallest absolute Gasteiger partial charge is 0.225 e. The predicted molar refractivity (Wildman–Crippen MR) is 68.4 cm³/mol. The number of rotatable bonds is 5. The van der Waals surface area contributed by atoms with E-state index in [-0.39, 0.29) is 0 Å². The molecule has 1 aliphatic carbocycles. The van der Waals surface area contributed by atoms with Gasteiger partial charge in [-0.3, -0.25) is 0 Å². The normalized spacial score (nSPS) is 15.9. The molecule has 0 saturated heterocycles. The van der Waals surface area contributed by atoms with Gasteiger partial charge in [-0.1, -0.05) is 0 Å². The summed E-state index contributed by atoms with van der Waals surface area (Å²) >= 11 is 3.35. The van der Waals surface area contributed by atoms with E-state index in [0.717, 1.165) is 29.9 Å². The lowest BCUT2D eigenvalue weighted by Gasteiger charge is -2.37. The van der Waals surface area contributed by atoms with Crippen LogP contribution in [-0.2, 0) is 0 Å². The van der Waals surface area contributed by atoms with Crippen LogP contribution < -0.4 is 10.6 Å². The summed E-state index contributed by atoms with van der Waals surface area (Å²) in [5.41, 5.74) is 5.56. The first-order valence-corrected chi connectivity index (χ1v) is 6.55. The van der Waals surface area contributed by atoms with E-state index in [1.807, 2.05) is 0 Å². The van der Waals surface area contributed by atoms with Crippen LogP contribution in [0.15, 0.2) is 16.9 Å². The monoisotopic (exact) mass is 284 g/mol. The van der Waals surface area contributed by atoms with Crippen molar-refractivity contribution >= 4 is 21.9 Å². The molecular weight excluding hydrogens is 268 g/mol. The Morgan fingerprint density at radius 3 is 2.56 bits per heavy atom. The molecule has 16 heavy (non-hydrogen) atoms. The van der Waals surface area contributed by atoms with E-state index < -0.39 is 0 Å². The molecule has 88 valence electrons. The Morgan fingerprint density at radius 2 is 2.06 bits per heavy atom. The van der Waals surface area contributed by atoms with Crippen LogP contribution in [0, 0.1) is 0 Å². The highest BCUT2D eigenvalue weighted by Crippen LogP contribution is 2.27. The Hall–Kier alpha value is -0.680. The van der Waals surface area contributed by atoms with Gasteiger partial charge in [0.05, 0.1) is 4.47 Å². The van der Waals surface area contributed by atoms with Crippen molar-refractivity contribution in [3.63, 3.8) is 0 Å². The average Bonchev–Trinajstić information content (AvgIpc) is 2.23. The Kier molecular flexibility index (Phi) is 4.12. The van der Waals surface area contributed by atoms with E-state index in [9.17, 15) is 0 Å². The Morgan fingerprint density at radius 1 is 1.38 bits per heavy atom. The Balaban J connectivity index is 2.07. The lowest BCUT2D eigenvalue weighted by Crippen LogP contribution is -2.42. The van der Waals surface area contributed by atoms with Crippen molar-refractivity contribution in [3.8, 4) is 0 Å². The molecule has 0 bridgehead atoms. The lowest BCUT2D eigenvalue weighted by molar-refractivity contribution is 0.380. The van der Waals surface area contributed by atoms with Crippen LogP contribution >= 0.6 is 15.9 Å². The Labute approximate surface area is 104 Å². The third-order valence-corrected chi connectivity index (χ3v) is 3.39. The maximum absolute atomic E-state index is 5.56. The number of nitrogens with zero attached hydrogens (tertiary/aromatic N) is 3. The quantitative estimate of drug-likeness (QED) is 0.898. The summed E-state index contributed by atoms with van der Waals surface area (Å²) in [4.78, 5) is 11.0. The van der Waals surface area contributed by atoms with E-state index in [4.69, 9.17) is 5.73 Å². The summed E-state index contributed by atoms with van der Waals surface area (Å²) in [6.45, 7) is 1.68. The second-order valence-corrected chi connectivity index (χ2v) is 5.04. The molecule has 0 radical (unpaired) electrons. The second kappa shape index (κ2) is 5.59. The standard InChI is InChI=1S/C11H17BrN4/c12-9-7-14-11(15-8-9)16(6-2-5-13)10-3-1-4-10/h7-8,10H,1-6,13H2. The summed E-state index contributed by atoms with van der Waals surface area (Å²) in [6.07, 6.45) is 8.43. The van der Waals surface area contributed by atoms with E-state index >= 15 is 0 Å². The number of anilines is 1. The minimum atomic E-state index is 0.618. The van der Waals surface area contributed by atoms with Crippen LogP contribution in [0.4, 0.5) is 5.95 Å². The molecule has 1 aromatic heterocycles. The van der Waals surface area contributed by atoms with Crippen molar-refractivity contribution in [2.75, 3.05) is 18.0 Å². The van der Waals surface area contributed by atoms with Crippen LogP contribution in [0.25, 0.3) is 0 Å². The van der Waals surface area contributed by atoms with Gasteiger partial charge in [0.15, 0.2) is 0 Å². The first kappa shape index (κ1) is 11.8. The fourth-order valence-corrected chi connectivity index (χ4v) is 2.06. The third kappa shape index (κ3) is 2.71. The van der Waals surface area contributed by atoms with Crippen LogP contribution in [-0.4, -0.2) is 29.1 Å². The summed E-state index contributed by atoms with van der Waals surface area (Å²) < 4.78 is 0.920. The molecule has 1 fully saturated rings. The molecule has 1 aromatic rings. The Bertz CT molecular complexity index is 323. The minimum Gasteiger partial charge on any atom is -0.338 e. The molecule has 0 aromatic carbocycles. The zero-order valence-corrected chi connectivity index (χ0v) is 10.9. The SMILES string of the molecule is NCCCN(c1ncc(Br)cn1)C1CCC1. The van der Waals surface area contributed by atoms with Crippen LogP contribution in [0.2, 0.25) is 0 Å². The van der Waals surface area contributed by atoms with E-state index in [2.05, 4.69) is 30.8 Å². The van der Waals surface area contributed by atoms with Crippen molar-refractivity contribution in [2.45, 2.75) is 31.7 Å². The van der Waals surface area contributed by atoms with Gasteiger partial charge >= 0.3 is 0 Å². The van der Waals surface area contributed by atoms with E-state index in [1.54, 1.807) is 12.4 Å². The second-order valence-electron chi connectivity index (χ2n) is 4.12. The highest BCUT2D eigenvalue weighted by molar-refractivity contribution is 9.10. The number of aromatic nitrogens is 2. The van der Waals surface area contributed by atoms with Gasteiger partial charge in [-0.25, -0.2) is 9.97 Å². The van der Waals surface area contributed by atoms with E-state index in [0.29, 0.717) is 6.04 Å². The average molecular weight is 285 g/mol. The molecule has 5 heteroatoms. The van der Waals surface area contributed by atoms with Gasteiger partial charge in [0.1, 0.15) is 0 Å². The molecule has 1 heterocycles. The van der Waals surface area contributed by atoms with Gasteiger partial charge in [0.25, 0.3) is 0 Å². The predicted octanol–water partition coefficient (Wildman–Crippen LogP) is 1.95. The van der Waals surface area contributed by atoms with Gasteiger partial charge in [0.2, 0.25) is 5.95 Å². The largest absolute Gasteiger partial charge is 0.338 e. The molecule has 4 nitrogen and oxygen atoms in total. The van der Waals surface area contributed by atoms with Gasteiger partial charge < -0.3 is 10.6 Å². The maximum Gasteiger partial charge on any atom is 0.225 e. The molecule has 0 aliphatic heterocycles. The fourth-order valence-electron chi connectivity index (χ4n) is 1.86. The lowest BCUT2D eigenvalue weighted by atomic mass is 9.91. The number of hydrogen-bond acceptors (Lipinski definition) is 4. The van der Waals surface area contributed by atoms with Crippen LogP contribution in [0.5, 0.6) is 0 Å². The highest BCUT2D eigenvalue weighted by atomic mass is 79.9. The van der Waals surface area contributed by atoms with Crippen molar-refractivity contribution in [1.29, 1.82) is 0 Å². The zero-order chi connectivity index (χ0) is 11.4. The van der Waals surface area contributed by atoms with Crippen LogP contribution in [0.3, 0.4) is 0 Å². The maximum atomic E-state index is 5.56. The minimum absolute atomic E-state index is 0.618. The first-order chi connectivity index (χ1) is 7.81. The molecule has 0 unspecified atom stereocenters. The number of hydrogen-bond donors (Lipinski definition) is 1. The topological polar surface area (TPSA) is 55.0 Å². The summed E-state index contributed by atoms with van der Waals surface area (Å²) in [5.74, 6) is 0.835. The van der Waals surface area contributed by atoms with Crippen molar-refractivity contribution in [1.82, 2.24) is 9.97 Å². The summed E-state index contributed by atoms with van der Waals surface area (Å²) in [6, 6.07) is 0.618. The van der Waals surface area contributed by atoms with E-state index in [1.165, 1.54) is 19.3 Å². The number of halogens is 1. The zero-order valence-electron chi connectivity index (χ0n) is 9.27. The van der Waals surface area contributed by atoms with Gasteiger partial charge in [-0.15, -0.1) is 0 Å². The molecule has 0 spiro atoms. The molecule has 1 saturated carbocycles. The van der Waals surface area contributed by atoms with Crippen molar-refractivity contribution in [3.05, 3.63) is 16.9 Å². The molecule has 1 aliphatic rings. The number of nitrogens with two attached hydrogens (primary N) is 1. The third-order valence-electron chi connectivity index (χ3n) is 2.98. The molecule has 0 amide bonds. The van der Waals surface area contributed by atoms with Crippen molar-refractivity contribution < 1.29 is 0 Å².